The second kappa shape index (κ2) is 11.3. The molecule has 0 bridgehead atoms. The van der Waals surface area contributed by atoms with E-state index in [9.17, 15) is 8.42 Å². The normalized spacial score (nSPS) is 11.6. The SMILES string of the molecule is COc1c(C)cnc(Cc2c[nH]c3cnc(S(=O)(=O)c4cc(C)c(OCc5ccccc5)cc4SC)nc23)c1C. The summed E-state index contributed by atoms with van der Waals surface area (Å²) in [4.78, 5) is 17.2. The predicted molar refractivity (Wildman–Crippen MR) is 156 cm³/mol. The Morgan fingerprint density at radius 1 is 1.00 bits per heavy atom. The lowest BCUT2D eigenvalue weighted by Gasteiger charge is -2.14. The first-order valence-electron chi connectivity index (χ1n) is 12.7. The van der Waals surface area contributed by atoms with Crippen LogP contribution in [0.5, 0.6) is 11.5 Å². The maximum Gasteiger partial charge on any atom is 0.252 e. The van der Waals surface area contributed by atoms with Crippen LogP contribution in [-0.2, 0) is 22.9 Å². The third-order valence-electron chi connectivity index (χ3n) is 6.81. The van der Waals surface area contributed by atoms with Gasteiger partial charge in [-0.3, -0.25) is 4.98 Å². The molecule has 5 rings (SSSR count). The first-order chi connectivity index (χ1) is 19.2. The summed E-state index contributed by atoms with van der Waals surface area (Å²) in [6, 6.07) is 13.2. The molecule has 0 atom stereocenters. The van der Waals surface area contributed by atoms with Crippen LogP contribution in [-0.4, -0.2) is 41.7 Å². The lowest BCUT2D eigenvalue weighted by Crippen LogP contribution is -2.10. The molecule has 0 fully saturated rings. The summed E-state index contributed by atoms with van der Waals surface area (Å²) >= 11 is 1.34. The van der Waals surface area contributed by atoms with Gasteiger partial charge in [0.15, 0.2) is 0 Å². The number of hydrogen-bond donors (Lipinski definition) is 1. The highest BCUT2D eigenvalue weighted by molar-refractivity contribution is 7.99. The van der Waals surface area contributed by atoms with Crippen LogP contribution in [0.25, 0.3) is 11.0 Å². The third kappa shape index (κ3) is 5.29. The average molecular weight is 575 g/mol. The zero-order chi connectivity index (χ0) is 28.4. The van der Waals surface area contributed by atoms with Gasteiger partial charge in [-0.1, -0.05) is 30.3 Å². The maximum absolute atomic E-state index is 13.8. The number of H-pyrrole nitrogens is 1. The molecule has 0 aliphatic rings. The molecule has 0 unspecified atom stereocenters. The summed E-state index contributed by atoms with van der Waals surface area (Å²) in [5, 5.41) is -0.250. The van der Waals surface area contributed by atoms with E-state index in [2.05, 4.69) is 19.9 Å². The van der Waals surface area contributed by atoms with Crippen LogP contribution in [0.15, 0.2) is 76.0 Å². The molecular weight excluding hydrogens is 544 g/mol. The fourth-order valence-corrected chi connectivity index (χ4v) is 6.96. The van der Waals surface area contributed by atoms with E-state index in [0.717, 1.165) is 33.7 Å². The molecule has 3 heterocycles. The van der Waals surface area contributed by atoms with Gasteiger partial charge < -0.3 is 14.5 Å². The zero-order valence-corrected chi connectivity index (χ0v) is 24.6. The second-order valence-corrected chi connectivity index (χ2v) is 12.2. The summed E-state index contributed by atoms with van der Waals surface area (Å²) in [7, 11) is -2.38. The number of aromatic nitrogens is 4. The van der Waals surface area contributed by atoms with Gasteiger partial charge in [-0.15, -0.1) is 11.8 Å². The summed E-state index contributed by atoms with van der Waals surface area (Å²) in [5.41, 5.74) is 6.48. The quantitative estimate of drug-likeness (QED) is 0.168. The molecule has 0 saturated heterocycles. The Morgan fingerprint density at radius 3 is 2.50 bits per heavy atom. The summed E-state index contributed by atoms with van der Waals surface area (Å²) in [6.07, 6.45) is 7.41. The molecule has 40 heavy (non-hydrogen) atoms. The number of fused-ring (bicyclic) bond motifs is 1. The van der Waals surface area contributed by atoms with E-state index < -0.39 is 9.84 Å². The lowest BCUT2D eigenvalue weighted by atomic mass is 10.1. The van der Waals surface area contributed by atoms with Gasteiger partial charge in [-0.05, 0) is 50.3 Å². The second-order valence-electron chi connectivity index (χ2n) is 9.50. The van der Waals surface area contributed by atoms with Gasteiger partial charge in [0.25, 0.3) is 5.16 Å². The summed E-state index contributed by atoms with van der Waals surface area (Å²) < 4.78 is 39.3. The Labute approximate surface area is 238 Å². The van der Waals surface area contributed by atoms with Crippen LogP contribution in [0.4, 0.5) is 0 Å². The Balaban J connectivity index is 1.49. The van der Waals surface area contributed by atoms with Crippen LogP contribution in [0.1, 0.15) is 33.5 Å². The number of benzene rings is 2. The molecule has 5 aromatic rings. The largest absolute Gasteiger partial charge is 0.496 e. The van der Waals surface area contributed by atoms with Crippen LogP contribution >= 0.6 is 11.8 Å². The molecule has 3 aromatic heterocycles. The van der Waals surface area contributed by atoms with Crippen molar-refractivity contribution in [2.24, 2.45) is 0 Å². The number of methoxy groups -OCH3 is 1. The van der Waals surface area contributed by atoms with Gasteiger partial charge in [-0.25, -0.2) is 18.4 Å². The molecule has 0 radical (unpaired) electrons. The number of ether oxygens (including phenoxy) is 2. The number of sulfone groups is 1. The van der Waals surface area contributed by atoms with Crippen molar-refractivity contribution in [3.63, 3.8) is 0 Å². The summed E-state index contributed by atoms with van der Waals surface area (Å²) in [5.74, 6) is 1.42. The first-order valence-corrected chi connectivity index (χ1v) is 15.4. The van der Waals surface area contributed by atoms with Gasteiger partial charge >= 0.3 is 0 Å². The minimum absolute atomic E-state index is 0.154. The number of nitrogens with one attached hydrogen (secondary N) is 1. The highest BCUT2D eigenvalue weighted by Crippen LogP contribution is 2.35. The monoisotopic (exact) mass is 574 g/mol. The summed E-state index contributed by atoms with van der Waals surface area (Å²) in [6.45, 7) is 6.14. The molecule has 206 valence electrons. The number of aromatic amines is 1. The predicted octanol–water partition coefficient (Wildman–Crippen LogP) is 6.01. The number of aryl methyl sites for hydroxylation is 2. The van der Waals surface area contributed by atoms with Crippen LogP contribution in [0.2, 0.25) is 0 Å². The Kier molecular flexibility index (Phi) is 7.82. The molecule has 0 aliphatic heterocycles. The molecular formula is C30H30N4O4S2. The van der Waals surface area contributed by atoms with Gasteiger partial charge in [0, 0.05) is 40.4 Å². The van der Waals surface area contributed by atoms with Gasteiger partial charge in [0.05, 0.1) is 34.9 Å². The number of hydrogen-bond acceptors (Lipinski definition) is 8. The standard InChI is InChI=1S/C30H30N4O4S2/c1-18-11-27(26(39-5)13-25(18)38-17-21-9-7-6-8-10-21)40(35,36)30-33-16-24-28(34-30)22(15-32-24)12-23-20(3)29(37-4)19(2)14-31-23/h6-11,13-16,32H,12,17H2,1-5H3. The van der Waals surface area contributed by atoms with Crippen molar-refractivity contribution < 1.29 is 17.9 Å². The van der Waals surface area contributed by atoms with Crippen molar-refractivity contribution >= 4 is 32.6 Å². The molecule has 0 saturated carbocycles. The maximum atomic E-state index is 13.8. The lowest BCUT2D eigenvalue weighted by molar-refractivity contribution is 0.303. The number of rotatable bonds is 9. The molecule has 0 aliphatic carbocycles. The van der Waals surface area contributed by atoms with Crippen molar-refractivity contribution in [1.29, 1.82) is 0 Å². The molecule has 8 nitrogen and oxygen atoms in total. The Bertz CT molecular complexity index is 1800. The van der Waals surface area contributed by atoms with E-state index >= 15 is 0 Å². The van der Waals surface area contributed by atoms with Gasteiger partial charge in [-0.2, -0.15) is 0 Å². The third-order valence-corrected chi connectivity index (χ3v) is 9.31. The van der Waals surface area contributed by atoms with Crippen molar-refractivity contribution in [2.75, 3.05) is 13.4 Å². The number of pyridine rings is 1. The van der Waals surface area contributed by atoms with Crippen molar-refractivity contribution in [2.45, 2.75) is 48.7 Å². The van der Waals surface area contributed by atoms with Crippen molar-refractivity contribution in [3.05, 3.63) is 94.6 Å². The topological polar surface area (TPSA) is 107 Å². The molecule has 0 spiro atoms. The van der Waals surface area contributed by atoms with E-state index in [4.69, 9.17) is 9.47 Å². The Hall–Kier alpha value is -3.89. The highest BCUT2D eigenvalue weighted by atomic mass is 32.2. The molecule has 10 heteroatoms. The van der Waals surface area contributed by atoms with E-state index in [1.54, 1.807) is 25.4 Å². The van der Waals surface area contributed by atoms with Crippen LogP contribution in [0.3, 0.4) is 0 Å². The zero-order valence-electron chi connectivity index (χ0n) is 23.0. The number of nitrogens with zero attached hydrogens (tertiary/aromatic N) is 3. The van der Waals surface area contributed by atoms with Gasteiger partial charge in [0.1, 0.15) is 18.1 Å². The van der Waals surface area contributed by atoms with Crippen molar-refractivity contribution in [1.82, 2.24) is 19.9 Å². The average Bonchev–Trinajstić information content (AvgIpc) is 3.36. The van der Waals surface area contributed by atoms with Crippen LogP contribution < -0.4 is 9.47 Å². The molecule has 1 N–H and O–H groups in total. The highest BCUT2D eigenvalue weighted by Gasteiger charge is 2.27. The van der Waals surface area contributed by atoms with Crippen molar-refractivity contribution in [3.8, 4) is 11.5 Å². The number of thioether (sulfide) groups is 1. The minimum atomic E-state index is -4.02. The fraction of sp³-hybridized carbons (Fsp3) is 0.233. The van der Waals surface area contributed by atoms with E-state index in [1.807, 2.05) is 63.6 Å². The molecule has 2 aromatic carbocycles. The van der Waals surface area contributed by atoms with Gasteiger partial charge in [0.2, 0.25) is 9.84 Å². The minimum Gasteiger partial charge on any atom is -0.496 e. The molecule has 0 amide bonds. The fourth-order valence-electron chi connectivity index (χ4n) is 4.64. The van der Waals surface area contributed by atoms with Crippen LogP contribution in [0, 0.1) is 20.8 Å². The van der Waals surface area contributed by atoms with E-state index in [0.29, 0.717) is 40.3 Å². The smallest absolute Gasteiger partial charge is 0.252 e. The Morgan fingerprint density at radius 2 is 1.77 bits per heavy atom. The van der Waals surface area contributed by atoms with E-state index in [-0.39, 0.29) is 10.1 Å². The van der Waals surface area contributed by atoms with E-state index in [1.165, 1.54) is 18.0 Å². The first kappa shape index (κ1) is 27.7.